The Morgan fingerprint density at radius 2 is 1.86 bits per heavy atom. The smallest absolute Gasteiger partial charge is 0.0345 e. The monoisotopic (exact) mass is 414 g/mol. The predicted octanol–water partition coefficient (Wildman–Crippen LogP) is 5.86. The maximum absolute atomic E-state index is 3.69. The van der Waals surface area contributed by atoms with Crippen molar-refractivity contribution < 1.29 is 0 Å². The lowest BCUT2D eigenvalue weighted by molar-refractivity contribution is 0.258. The highest BCUT2D eigenvalue weighted by Gasteiger charge is 2.35. The molecule has 0 amide bonds. The van der Waals surface area contributed by atoms with Gasteiger partial charge in [0.15, 0.2) is 0 Å². The van der Waals surface area contributed by atoms with Crippen LogP contribution in [0.3, 0.4) is 0 Å². The number of halogens is 1. The van der Waals surface area contributed by atoms with Crippen LogP contribution in [0.15, 0.2) is 60.7 Å². The molecule has 1 unspecified atom stereocenters. The maximum Gasteiger partial charge on any atom is 0.0345 e. The van der Waals surface area contributed by atoms with E-state index < -0.39 is 0 Å². The third-order valence-electron chi connectivity index (χ3n) is 5.91. The van der Waals surface area contributed by atoms with Crippen LogP contribution in [0.2, 0.25) is 0 Å². The van der Waals surface area contributed by atoms with E-state index in [1.165, 1.54) is 47.9 Å². The molecule has 1 aliphatic heterocycles. The molecule has 1 aromatic heterocycles. The van der Waals surface area contributed by atoms with Crippen molar-refractivity contribution >= 4 is 33.8 Å². The summed E-state index contributed by atoms with van der Waals surface area (Å²) >= 11 is 2.01. The Bertz CT molecular complexity index is 822. The van der Waals surface area contributed by atoms with E-state index in [4.69, 9.17) is 0 Å². The standard InChI is InChI=1S/C24H30N2S.ClH/c1-26(18-20-9-3-2-4-10-20)16-8-14-24(13-7-15-25-19-24)23-17-21-11-5-6-12-22(21)27-23;/h2-6,9-12,17,25H,7-8,13-16,18-19H2,1H3;1H. The molecule has 4 rings (SSSR count). The number of hydrogen-bond acceptors (Lipinski definition) is 3. The molecular formula is C24H31ClN2S. The first-order valence-electron chi connectivity index (χ1n) is 10.2. The fraction of sp³-hybridized carbons (Fsp3) is 0.417. The minimum absolute atomic E-state index is 0. The number of fused-ring (bicyclic) bond motifs is 1. The Morgan fingerprint density at radius 1 is 1.07 bits per heavy atom. The summed E-state index contributed by atoms with van der Waals surface area (Å²) in [5.74, 6) is 0. The number of nitrogens with zero attached hydrogens (tertiary/aromatic N) is 1. The molecule has 0 saturated carbocycles. The van der Waals surface area contributed by atoms with E-state index in [1.54, 1.807) is 4.88 Å². The van der Waals surface area contributed by atoms with Crippen LogP contribution in [0.25, 0.3) is 10.1 Å². The predicted molar refractivity (Wildman–Crippen MR) is 125 cm³/mol. The van der Waals surface area contributed by atoms with E-state index in [0.29, 0.717) is 5.41 Å². The fourth-order valence-corrected chi connectivity index (χ4v) is 5.73. The van der Waals surface area contributed by atoms with Crippen LogP contribution in [0, 0.1) is 0 Å². The van der Waals surface area contributed by atoms with Gasteiger partial charge in [-0.15, -0.1) is 23.7 Å². The van der Waals surface area contributed by atoms with Crippen LogP contribution in [-0.2, 0) is 12.0 Å². The lowest BCUT2D eigenvalue weighted by Gasteiger charge is -2.37. The Kier molecular flexibility index (Phi) is 7.53. The summed E-state index contributed by atoms with van der Waals surface area (Å²) in [6, 6.07) is 22.1. The molecule has 0 bridgehead atoms. The molecule has 3 aromatic rings. The zero-order valence-electron chi connectivity index (χ0n) is 16.7. The van der Waals surface area contributed by atoms with E-state index in [0.717, 1.165) is 19.6 Å². The average molecular weight is 415 g/mol. The van der Waals surface area contributed by atoms with Gasteiger partial charge in [-0.25, -0.2) is 0 Å². The molecule has 0 aliphatic carbocycles. The lowest BCUT2D eigenvalue weighted by atomic mass is 9.75. The molecule has 28 heavy (non-hydrogen) atoms. The van der Waals surface area contributed by atoms with E-state index in [-0.39, 0.29) is 12.4 Å². The topological polar surface area (TPSA) is 15.3 Å². The van der Waals surface area contributed by atoms with Gasteiger partial charge in [-0.05, 0) is 68.9 Å². The van der Waals surface area contributed by atoms with Crippen LogP contribution < -0.4 is 5.32 Å². The molecule has 1 aliphatic rings. The van der Waals surface area contributed by atoms with Crippen molar-refractivity contribution in [1.29, 1.82) is 0 Å². The number of hydrogen-bond donors (Lipinski definition) is 1. The summed E-state index contributed by atoms with van der Waals surface area (Å²) < 4.78 is 1.43. The van der Waals surface area contributed by atoms with E-state index in [2.05, 4.69) is 77.9 Å². The van der Waals surface area contributed by atoms with Crippen molar-refractivity contribution in [3.05, 3.63) is 71.1 Å². The van der Waals surface area contributed by atoms with E-state index >= 15 is 0 Å². The van der Waals surface area contributed by atoms with Gasteiger partial charge in [-0.3, -0.25) is 0 Å². The summed E-state index contributed by atoms with van der Waals surface area (Å²) in [6.45, 7) is 4.49. The third kappa shape index (κ3) is 4.96. The molecule has 0 spiro atoms. The number of nitrogens with one attached hydrogen (secondary N) is 1. The first kappa shape index (κ1) is 21.3. The van der Waals surface area contributed by atoms with Crippen molar-refractivity contribution in [2.45, 2.75) is 37.6 Å². The van der Waals surface area contributed by atoms with Crippen molar-refractivity contribution in [3.63, 3.8) is 0 Å². The largest absolute Gasteiger partial charge is 0.316 e. The Morgan fingerprint density at radius 3 is 2.61 bits per heavy atom. The zero-order valence-corrected chi connectivity index (χ0v) is 18.3. The molecule has 0 radical (unpaired) electrons. The van der Waals surface area contributed by atoms with Crippen LogP contribution in [0.5, 0.6) is 0 Å². The summed E-state index contributed by atoms with van der Waals surface area (Å²) in [5.41, 5.74) is 1.72. The minimum atomic E-state index is 0. The first-order chi connectivity index (χ1) is 13.3. The van der Waals surface area contributed by atoms with Crippen molar-refractivity contribution in [3.8, 4) is 0 Å². The second-order valence-electron chi connectivity index (χ2n) is 8.04. The normalized spacial score (nSPS) is 19.6. The molecular weight excluding hydrogens is 384 g/mol. The second-order valence-corrected chi connectivity index (χ2v) is 9.12. The second kappa shape index (κ2) is 9.89. The molecule has 150 valence electrons. The molecule has 1 N–H and O–H groups in total. The zero-order chi connectivity index (χ0) is 18.5. The van der Waals surface area contributed by atoms with Crippen LogP contribution in [-0.4, -0.2) is 31.6 Å². The van der Waals surface area contributed by atoms with Gasteiger partial charge in [0.05, 0.1) is 0 Å². The van der Waals surface area contributed by atoms with Gasteiger partial charge in [0.25, 0.3) is 0 Å². The highest BCUT2D eigenvalue weighted by molar-refractivity contribution is 7.19. The van der Waals surface area contributed by atoms with E-state index in [1.807, 2.05) is 11.3 Å². The molecule has 1 atom stereocenters. The van der Waals surface area contributed by atoms with Crippen molar-refractivity contribution in [2.24, 2.45) is 0 Å². The van der Waals surface area contributed by atoms with Crippen molar-refractivity contribution in [1.82, 2.24) is 10.2 Å². The summed E-state index contributed by atoms with van der Waals surface area (Å²) in [6.07, 6.45) is 5.12. The third-order valence-corrected chi connectivity index (χ3v) is 7.27. The average Bonchev–Trinajstić information content (AvgIpc) is 3.14. The van der Waals surface area contributed by atoms with Crippen LogP contribution in [0.4, 0.5) is 0 Å². The fourth-order valence-electron chi connectivity index (χ4n) is 4.42. The van der Waals surface area contributed by atoms with Gasteiger partial charge in [-0.1, -0.05) is 48.5 Å². The lowest BCUT2D eigenvalue weighted by Crippen LogP contribution is -2.43. The van der Waals surface area contributed by atoms with Crippen LogP contribution >= 0.6 is 23.7 Å². The summed E-state index contributed by atoms with van der Waals surface area (Å²) in [7, 11) is 2.25. The molecule has 2 heterocycles. The molecule has 1 fully saturated rings. The summed E-state index contributed by atoms with van der Waals surface area (Å²) in [4.78, 5) is 4.05. The Balaban J connectivity index is 0.00000225. The SMILES string of the molecule is CN(CCCC1(c2cc3ccccc3s2)CCCNC1)Cc1ccccc1.Cl. The Labute approximate surface area is 179 Å². The number of benzene rings is 2. The molecule has 2 nitrogen and oxygen atoms in total. The number of thiophene rings is 1. The van der Waals surface area contributed by atoms with Gasteiger partial charge in [-0.2, -0.15) is 0 Å². The highest BCUT2D eigenvalue weighted by Crippen LogP contribution is 2.41. The van der Waals surface area contributed by atoms with Crippen LogP contribution in [0.1, 0.15) is 36.1 Å². The van der Waals surface area contributed by atoms with Gasteiger partial charge >= 0.3 is 0 Å². The number of piperidine rings is 1. The number of rotatable bonds is 7. The summed E-state index contributed by atoms with van der Waals surface area (Å²) in [5, 5.41) is 5.10. The molecule has 4 heteroatoms. The minimum Gasteiger partial charge on any atom is -0.316 e. The van der Waals surface area contributed by atoms with Crippen molar-refractivity contribution in [2.75, 3.05) is 26.7 Å². The Hall–Kier alpha value is -1.39. The van der Waals surface area contributed by atoms with Gasteiger partial charge in [0.1, 0.15) is 0 Å². The maximum atomic E-state index is 3.69. The quantitative estimate of drug-likeness (QED) is 0.521. The van der Waals surface area contributed by atoms with E-state index in [9.17, 15) is 0 Å². The molecule has 2 aromatic carbocycles. The van der Waals surface area contributed by atoms with Gasteiger partial charge in [0, 0.05) is 28.1 Å². The first-order valence-corrected chi connectivity index (χ1v) is 11.0. The highest BCUT2D eigenvalue weighted by atomic mass is 35.5. The van der Waals surface area contributed by atoms with Gasteiger partial charge in [0.2, 0.25) is 0 Å². The van der Waals surface area contributed by atoms with Gasteiger partial charge < -0.3 is 10.2 Å². The molecule has 1 saturated heterocycles.